The second-order valence-corrected chi connectivity index (χ2v) is 6.23. The number of hydrogen-bond acceptors (Lipinski definition) is 3. The number of amides is 2. The zero-order valence-corrected chi connectivity index (χ0v) is 13.9. The highest BCUT2D eigenvalue weighted by atomic mass is 32.2. The Balaban J connectivity index is 4.03. The van der Waals surface area contributed by atoms with Crippen LogP contribution in [-0.4, -0.2) is 52.6 Å². The minimum absolute atomic E-state index is 0.302. The summed E-state index contributed by atoms with van der Waals surface area (Å²) in [5.41, 5.74) is -1.18. The molecule has 0 rings (SSSR count). The summed E-state index contributed by atoms with van der Waals surface area (Å²) in [5.74, 6) is 0.189. The van der Waals surface area contributed by atoms with Crippen molar-refractivity contribution in [2.24, 2.45) is 0 Å². The van der Waals surface area contributed by atoms with E-state index in [-0.39, 0.29) is 6.03 Å². The molecule has 0 aromatic heterocycles. The molecule has 0 fully saturated rings. The second-order valence-electron chi connectivity index (χ2n) is 5.25. The quantitative estimate of drug-likeness (QED) is 0.609. The van der Waals surface area contributed by atoms with Gasteiger partial charge in [-0.25, -0.2) is 9.59 Å². The normalized spacial score (nSPS) is 11.2. The number of unbranched alkanes of at least 4 members (excludes halogenated alkanes) is 3. The third-order valence-electron chi connectivity index (χ3n) is 3.31. The number of carbonyl (C=O) groups excluding carboxylic acids is 1. The maximum Gasteiger partial charge on any atom is 0.329 e. The van der Waals surface area contributed by atoms with Crippen LogP contribution < -0.4 is 5.32 Å². The zero-order valence-electron chi connectivity index (χ0n) is 13.1. The highest BCUT2D eigenvalue weighted by Gasteiger charge is 2.36. The fourth-order valence-electron chi connectivity index (χ4n) is 1.92. The van der Waals surface area contributed by atoms with Crippen LogP contribution in [0.4, 0.5) is 4.79 Å². The van der Waals surface area contributed by atoms with Gasteiger partial charge < -0.3 is 15.3 Å². The predicted octanol–water partition coefficient (Wildman–Crippen LogP) is 2.80. The molecule has 2 N–H and O–H groups in total. The fourth-order valence-corrected chi connectivity index (χ4v) is 2.42. The van der Waals surface area contributed by atoms with E-state index in [1.54, 1.807) is 20.8 Å². The van der Waals surface area contributed by atoms with Crippen LogP contribution in [0.5, 0.6) is 0 Å². The Hall–Kier alpha value is -0.910. The molecule has 20 heavy (non-hydrogen) atoms. The van der Waals surface area contributed by atoms with Gasteiger partial charge in [-0.1, -0.05) is 12.8 Å². The summed E-state index contributed by atoms with van der Waals surface area (Å²) >= 11 is 1.85. The first-order chi connectivity index (χ1) is 9.37. The van der Waals surface area contributed by atoms with Crippen molar-refractivity contribution in [1.82, 2.24) is 10.2 Å². The lowest BCUT2D eigenvalue weighted by Gasteiger charge is -2.34. The highest BCUT2D eigenvalue weighted by Crippen LogP contribution is 2.14. The van der Waals surface area contributed by atoms with Crippen LogP contribution in [0.2, 0.25) is 0 Å². The summed E-state index contributed by atoms with van der Waals surface area (Å²) in [6.07, 6.45) is 6.52. The van der Waals surface area contributed by atoms with Crippen molar-refractivity contribution < 1.29 is 14.7 Å². The maximum absolute atomic E-state index is 12.0. The number of likely N-dealkylation sites (N-methyl/N-ethyl adjacent to an activating group) is 1. The van der Waals surface area contributed by atoms with E-state index in [0.29, 0.717) is 13.1 Å². The molecular weight excluding hydrogens is 276 g/mol. The van der Waals surface area contributed by atoms with Gasteiger partial charge in [0.1, 0.15) is 5.54 Å². The molecule has 0 aliphatic carbocycles. The Morgan fingerprint density at radius 3 is 2.30 bits per heavy atom. The van der Waals surface area contributed by atoms with Crippen LogP contribution in [-0.2, 0) is 4.79 Å². The summed E-state index contributed by atoms with van der Waals surface area (Å²) in [6, 6.07) is -0.302. The minimum Gasteiger partial charge on any atom is -0.480 e. The Kier molecular flexibility index (Phi) is 9.46. The van der Waals surface area contributed by atoms with Gasteiger partial charge in [0.2, 0.25) is 0 Å². The van der Waals surface area contributed by atoms with Crippen molar-refractivity contribution in [2.45, 2.75) is 52.0 Å². The molecule has 0 atom stereocenters. The second kappa shape index (κ2) is 9.91. The van der Waals surface area contributed by atoms with Crippen LogP contribution in [0.25, 0.3) is 0 Å². The summed E-state index contributed by atoms with van der Waals surface area (Å²) in [4.78, 5) is 24.5. The average molecular weight is 304 g/mol. The van der Waals surface area contributed by atoms with Crippen LogP contribution in [0, 0.1) is 0 Å². The number of nitrogens with zero attached hydrogens (tertiary/aromatic N) is 1. The van der Waals surface area contributed by atoms with Gasteiger partial charge in [-0.05, 0) is 45.6 Å². The number of rotatable bonds is 10. The Morgan fingerprint density at radius 2 is 1.80 bits per heavy atom. The van der Waals surface area contributed by atoms with Gasteiger partial charge in [0.25, 0.3) is 0 Å². The molecule has 0 aromatic rings. The standard InChI is InChI=1S/C14H28N2O3S/c1-5-16(14(2,3)12(17)18)13(19)15-10-8-6-7-9-11-20-4/h5-11H2,1-4H3,(H,15,19)(H,17,18). The first kappa shape index (κ1) is 19.1. The van der Waals surface area contributed by atoms with Crippen molar-refractivity contribution in [3.05, 3.63) is 0 Å². The summed E-state index contributed by atoms with van der Waals surface area (Å²) in [7, 11) is 0. The number of nitrogens with one attached hydrogen (secondary N) is 1. The van der Waals surface area contributed by atoms with Gasteiger partial charge >= 0.3 is 12.0 Å². The van der Waals surface area contributed by atoms with Crippen molar-refractivity contribution in [2.75, 3.05) is 25.1 Å². The molecule has 0 spiro atoms. The van der Waals surface area contributed by atoms with E-state index in [1.165, 1.54) is 23.5 Å². The molecule has 6 heteroatoms. The lowest BCUT2D eigenvalue weighted by atomic mass is 10.0. The van der Waals surface area contributed by atoms with E-state index >= 15 is 0 Å². The molecule has 0 saturated carbocycles. The fraction of sp³-hybridized carbons (Fsp3) is 0.857. The minimum atomic E-state index is -1.18. The Bertz CT molecular complexity index is 309. The van der Waals surface area contributed by atoms with Gasteiger partial charge in [0.15, 0.2) is 0 Å². The van der Waals surface area contributed by atoms with E-state index in [9.17, 15) is 9.59 Å². The van der Waals surface area contributed by atoms with Gasteiger partial charge in [0.05, 0.1) is 0 Å². The summed E-state index contributed by atoms with van der Waals surface area (Å²) in [6.45, 7) is 5.84. The van der Waals surface area contributed by atoms with Crippen molar-refractivity contribution in [3.8, 4) is 0 Å². The molecule has 118 valence electrons. The van der Waals surface area contributed by atoms with Crippen molar-refractivity contribution in [1.29, 1.82) is 0 Å². The smallest absolute Gasteiger partial charge is 0.329 e. The summed E-state index contributed by atoms with van der Waals surface area (Å²) in [5, 5.41) is 12.0. The van der Waals surface area contributed by atoms with Crippen molar-refractivity contribution in [3.63, 3.8) is 0 Å². The zero-order chi connectivity index (χ0) is 15.6. The molecule has 2 amide bonds. The van der Waals surface area contributed by atoms with E-state index in [2.05, 4.69) is 11.6 Å². The monoisotopic (exact) mass is 304 g/mol. The van der Waals surface area contributed by atoms with Crippen LogP contribution in [0.3, 0.4) is 0 Å². The topological polar surface area (TPSA) is 69.6 Å². The van der Waals surface area contributed by atoms with E-state index in [1.807, 2.05) is 11.8 Å². The third-order valence-corrected chi connectivity index (χ3v) is 4.01. The van der Waals surface area contributed by atoms with Crippen LogP contribution in [0.1, 0.15) is 46.5 Å². The lowest BCUT2D eigenvalue weighted by molar-refractivity contribution is -0.147. The SMILES string of the molecule is CCN(C(=O)NCCCCCCSC)C(C)(C)C(=O)O. The van der Waals surface area contributed by atoms with Gasteiger partial charge in [-0.15, -0.1) is 0 Å². The molecule has 0 aliphatic rings. The average Bonchev–Trinajstić information content (AvgIpc) is 2.38. The van der Waals surface area contributed by atoms with Crippen molar-refractivity contribution >= 4 is 23.8 Å². The Labute approximate surface area is 126 Å². The molecule has 0 bridgehead atoms. The first-order valence-corrected chi connectivity index (χ1v) is 8.55. The highest BCUT2D eigenvalue weighted by molar-refractivity contribution is 7.98. The van der Waals surface area contributed by atoms with Crippen LogP contribution >= 0.6 is 11.8 Å². The van der Waals surface area contributed by atoms with E-state index in [4.69, 9.17) is 5.11 Å². The summed E-state index contributed by atoms with van der Waals surface area (Å²) < 4.78 is 0. The number of hydrogen-bond donors (Lipinski definition) is 2. The number of aliphatic carboxylic acids is 1. The lowest BCUT2D eigenvalue weighted by Crippen LogP contribution is -2.56. The molecule has 0 aliphatic heterocycles. The molecule has 0 saturated heterocycles. The maximum atomic E-state index is 12.0. The molecule has 0 unspecified atom stereocenters. The number of urea groups is 1. The predicted molar refractivity (Wildman–Crippen MR) is 84.3 cm³/mol. The number of thioether (sulfide) groups is 1. The van der Waals surface area contributed by atoms with Gasteiger partial charge in [-0.2, -0.15) is 11.8 Å². The van der Waals surface area contributed by atoms with E-state index in [0.717, 1.165) is 12.8 Å². The first-order valence-electron chi connectivity index (χ1n) is 7.15. The van der Waals surface area contributed by atoms with Gasteiger partial charge in [-0.3, -0.25) is 0 Å². The Morgan fingerprint density at radius 1 is 1.20 bits per heavy atom. The third kappa shape index (κ3) is 6.50. The molecule has 5 nitrogen and oxygen atoms in total. The number of carboxylic acids is 1. The largest absolute Gasteiger partial charge is 0.480 e. The number of carboxylic acid groups (broad SMARTS) is 1. The van der Waals surface area contributed by atoms with Gasteiger partial charge in [0, 0.05) is 13.1 Å². The molecule has 0 heterocycles. The van der Waals surface area contributed by atoms with Crippen LogP contribution in [0.15, 0.2) is 0 Å². The molecule has 0 aromatic carbocycles. The molecular formula is C14H28N2O3S. The van der Waals surface area contributed by atoms with E-state index < -0.39 is 11.5 Å². The number of carbonyl (C=O) groups is 2. The molecule has 0 radical (unpaired) electrons.